The lowest BCUT2D eigenvalue weighted by Gasteiger charge is -2.22. The fourth-order valence-electron chi connectivity index (χ4n) is 2.35. The van der Waals surface area contributed by atoms with E-state index >= 15 is 0 Å². The highest BCUT2D eigenvalue weighted by atomic mass is 35.5. The maximum atomic E-state index is 14.0. The van der Waals surface area contributed by atoms with Crippen LogP contribution in [0.5, 0.6) is 0 Å². The summed E-state index contributed by atoms with van der Waals surface area (Å²) >= 11 is 6.04. The average molecular weight is 321 g/mol. The lowest BCUT2D eigenvalue weighted by Crippen LogP contribution is -2.42. The van der Waals surface area contributed by atoms with Gasteiger partial charge in [-0.1, -0.05) is 17.7 Å². The molecule has 0 spiro atoms. The third-order valence-corrected chi connectivity index (χ3v) is 4.04. The summed E-state index contributed by atoms with van der Waals surface area (Å²) in [5.74, 6) is -0.855. The Kier molecular flexibility index (Phi) is 3.98. The summed E-state index contributed by atoms with van der Waals surface area (Å²) in [4.78, 5) is 14.1. The molecule has 6 heteroatoms. The Labute approximate surface area is 132 Å². The van der Waals surface area contributed by atoms with E-state index in [-0.39, 0.29) is 28.9 Å². The normalized spacial score (nSPS) is 13.9. The lowest BCUT2D eigenvalue weighted by molar-refractivity contribution is -0.608. The molecular weight excluding hydrogens is 307 g/mol. The van der Waals surface area contributed by atoms with Crippen LogP contribution in [-0.4, -0.2) is 16.8 Å². The Morgan fingerprint density at radius 3 is 2.73 bits per heavy atom. The highest BCUT2D eigenvalue weighted by molar-refractivity contribution is 6.31. The van der Waals surface area contributed by atoms with E-state index in [0.717, 1.165) is 12.8 Å². The maximum absolute atomic E-state index is 14.0. The van der Waals surface area contributed by atoms with E-state index < -0.39 is 11.7 Å². The van der Waals surface area contributed by atoms with E-state index in [2.05, 4.69) is 0 Å². The van der Waals surface area contributed by atoms with Crippen molar-refractivity contribution in [2.45, 2.75) is 25.4 Å². The second-order valence-corrected chi connectivity index (χ2v) is 5.68. The second kappa shape index (κ2) is 5.93. The van der Waals surface area contributed by atoms with Gasteiger partial charge in [0.05, 0.1) is 6.54 Å². The predicted molar refractivity (Wildman–Crippen MR) is 79.7 cm³/mol. The number of hydrogen-bond acceptors (Lipinski definition) is 2. The molecule has 1 fully saturated rings. The average Bonchev–Trinajstić information content (AvgIpc) is 3.31. The number of benzene rings is 1. The Balaban J connectivity index is 1.91. The summed E-state index contributed by atoms with van der Waals surface area (Å²) in [5.41, 5.74) is 0.305. The van der Waals surface area contributed by atoms with E-state index in [0.29, 0.717) is 4.73 Å². The number of aromatic nitrogens is 1. The van der Waals surface area contributed by atoms with E-state index in [1.54, 1.807) is 18.2 Å². The van der Waals surface area contributed by atoms with Gasteiger partial charge in [-0.2, -0.15) is 4.73 Å². The number of carbonyl (C=O) groups excluding carboxylic acids is 1. The summed E-state index contributed by atoms with van der Waals surface area (Å²) in [5, 5.41) is 12.0. The van der Waals surface area contributed by atoms with Crippen LogP contribution >= 0.6 is 11.6 Å². The van der Waals surface area contributed by atoms with E-state index in [9.17, 15) is 14.4 Å². The van der Waals surface area contributed by atoms with Gasteiger partial charge in [-0.05, 0) is 31.0 Å². The molecule has 22 heavy (non-hydrogen) atoms. The van der Waals surface area contributed by atoms with Crippen LogP contribution in [-0.2, 0) is 6.54 Å². The Morgan fingerprint density at radius 2 is 2.09 bits per heavy atom. The molecule has 1 aromatic carbocycles. The second-order valence-electron chi connectivity index (χ2n) is 5.28. The molecule has 0 bridgehead atoms. The summed E-state index contributed by atoms with van der Waals surface area (Å²) in [6, 6.07) is 9.10. The van der Waals surface area contributed by atoms with Gasteiger partial charge < -0.3 is 10.1 Å². The van der Waals surface area contributed by atoms with Gasteiger partial charge in [-0.15, -0.1) is 0 Å². The summed E-state index contributed by atoms with van der Waals surface area (Å²) in [6.07, 6.45) is 2.97. The first kappa shape index (κ1) is 14.8. The Hall–Kier alpha value is -2.14. The van der Waals surface area contributed by atoms with Crippen LogP contribution in [0.25, 0.3) is 0 Å². The van der Waals surface area contributed by atoms with Crippen molar-refractivity contribution >= 4 is 17.5 Å². The van der Waals surface area contributed by atoms with Gasteiger partial charge in [-0.25, -0.2) is 4.39 Å². The zero-order chi connectivity index (χ0) is 15.7. The van der Waals surface area contributed by atoms with Crippen LogP contribution in [0.15, 0.2) is 42.6 Å². The Morgan fingerprint density at radius 1 is 1.32 bits per heavy atom. The van der Waals surface area contributed by atoms with Crippen molar-refractivity contribution in [1.29, 1.82) is 0 Å². The third kappa shape index (κ3) is 2.90. The molecule has 2 aromatic rings. The fraction of sp³-hybridized carbons (Fsp3) is 0.250. The van der Waals surface area contributed by atoms with E-state index in [4.69, 9.17) is 11.6 Å². The summed E-state index contributed by atoms with van der Waals surface area (Å²) in [6.45, 7) is 0.0594. The van der Waals surface area contributed by atoms with Crippen molar-refractivity contribution in [2.75, 3.05) is 0 Å². The molecule has 1 amide bonds. The number of hydrogen-bond donors (Lipinski definition) is 0. The molecule has 1 saturated carbocycles. The largest absolute Gasteiger partial charge is 0.618 e. The van der Waals surface area contributed by atoms with Crippen LogP contribution in [0.1, 0.15) is 28.9 Å². The van der Waals surface area contributed by atoms with Crippen LogP contribution in [0, 0.1) is 11.0 Å². The first-order valence-electron chi connectivity index (χ1n) is 7.00. The van der Waals surface area contributed by atoms with E-state index in [1.807, 2.05) is 0 Å². The molecule has 3 rings (SSSR count). The molecule has 0 unspecified atom stereocenters. The highest BCUT2D eigenvalue weighted by Gasteiger charge is 2.36. The molecule has 1 heterocycles. The van der Waals surface area contributed by atoms with Gasteiger partial charge in [0.15, 0.2) is 6.20 Å². The fourth-order valence-corrected chi connectivity index (χ4v) is 2.57. The predicted octanol–water partition coefficient (Wildman–Crippen LogP) is 2.92. The molecule has 4 nitrogen and oxygen atoms in total. The zero-order valence-corrected chi connectivity index (χ0v) is 12.5. The smallest absolute Gasteiger partial charge is 0.320 e. The monoisotopic (exact) mass is 320 g/mol. The first-order valence-corrected chi connectivity index (χ1v) is 7.38. The molecular formula is C16H14ClFN2O2. The molecule has 0 atom stereocenters. The summed E-state index contributed by atoms with van der Waals surface area (Å²) < 4.78 is 14.5. The molecule has 0 saturated heterocycles. The van der Waals surface area contributed by atoms with E-state index in [1.165, 1.54) is 29.3 Å². The van der Waals surface area contributed by atoms with Gasteiger partial charge in [0.1, 0.15) is 5.82 Å². The number of nitrogens with zero attached hydrogens (tertiary/aromatic N) is 2. The number of halogens is 2. The molecule has 0 N–H and O–H groups in total. The van der Waals surface area contributed by atoms with Gasteiger partial charge in [0.2, 0.25) is 0 Å². The summed E-state index contributed by atoms with van der Waals surface area (Å²) in [7, 11) is 0. The lowest BCUT2D eigenvalue weighted by atomic mass is 10.2. The van der Waals surface area contributed by atoms with Gasteiger partial charge in [-0.3, -0.25) is 4.79 Å². The Bertz CT molecular complexity index is 699. The van der Waals surface area contributed by atoms with Crippen molar-refractivity contribution in [1.82, 2.24) is 4.90 Å². The molecule has 0 aliphatic heterocycles. The van der Waals surface area contributed by atoms with Gasteiger partial charge >= 0.3 is 5.91 Å². The zero-order valence-electron chi connectivity index (χ0n) is 11.7. The number of rotatable bonds is 4. The molecule has 0 radical (unpaired) electrons. The van der Waals surface area contributed by atoms with Crippen molar-refractivity contribution in [2.24, 2.45) is 0 Å². The van der Waals surface area contributed by atoms with Crippen LogP contribution < -0.4 is 4.73 Å². The number of amides is 1. The van der Waals surface area contributed by atoms with Crippen molar-refractivity contribution in [3.05, 3.63) is 69.9 Å². The topological polar surface area (TPSA) is 47.2 Å². The molecule has 1 aliphatic rings. The maximum Gasteiger partial charge on any atom is 0.320 e. The van der Waals surface area contributed by atoms with Crippen molar-refractivity contribution in [3.63, 3.8) is 0 Å². The minimum atomic E-state index is -0.450. The van der Waals surface area contributed by atoms with Crippen LogP contribution in [0.2, 0.25) is 5.02 Å². The standard InChI is InChI=1S/C16H14ClFN2O2/c17-13-4-3-5-14(18)12(13)10-19(11-7-8-11)16(21)15-6-1-2-9-20(15)22/h1-6,9,11H,7-8,10H2. The molecule has 1 aliphatic carbocycles. The van der Waals surface area contributed by atoms with Crippen LogP contribution in [0.4, 0.5) is 4.39 Å². The minimum Gasteiger partial charge on any atom is -0.618 e. The minimum absolute atomic E-state index is 0.0295. The quantitative estimate of drug-likeness (QED) is 0.642. The van der Waals surface area contributed by atoms with Gasteiger partial charge in [0, 0.05) is 28.8 Å². The highest BCUT2D eigenvalue weighted by Crippen LogP contribution is 2.31. The number of pyridine rings is 1. The number of carbonyl (C=O) groups is 1. The SMILES string of the molecule is O=C(c1cccc[n+]1[O-])N(Cc1c(F)cccc1Cl)C1CC1. The van der Waals surface area contributed by atoms with Gasteiger partial charge in [0.25, 0.3) is 5.69 Å². The first-order chi connectivity index (χ1) is 10.6. The molecule has 1 aromatic heterocycles. The third-order valence-electron chi connectivity index (χ3n) is 3.68. The van der Waals surface area contributed by atoms with Crippen molar-refractivity contribution < 1.29 is 13.9 Å². The van der Waals surface area contributed by atoms with Crippen LogP contribution in [0.3, 0.4) is 0 Å². The molecule has 114 valence electrons. The van der Waals surface area contributed by atoms with Crippen molar-refractivity contribution in [3.8, 4) is 0 Å².